The number of hydrogen-bond acceptors (Lipinski definition) is 3. The zero-order chi connectivity index (χ0) is 12.8. The van der Waals surface area contributed by atoms with E-state index in [2.05, 4.69) is 15.3 Å². The number of ketones is 1. The number of rotatable bonds is 7. The maximum Gasteiger partial charge on any atom is 0.137 e. The molecule has 2 aromatic heterocycles. The fourth-order valence-electron chi connectivity index (χ4n) is 2.10. The van der Waals surface area contributed by atoms with E-state index >= 15 is 0 Å². The van der Waals surface area contributed by atoms with Crippen LogP contribution in [0.2, 0.25) is 0 Å². The number of carbonyl (C=O) groups excluding carboxylic acids is 1. The predicted molar refractivity (Wildman–Crippen MR) is 72.6 cm³/mol. The Morgan fingerprint density at radius 1 is 1.39 bits per heavy atom. The van der Waals surface area contributed by atoms with Crippen LogP contribution in [-0.4, -0.2) is 29.3 Å². The van der Waals surface area contributed by atoms with Crippen molar-refractivity contribution < 1.29 is 4.79 Å². The minimum atomic E-state index is 0.339. The number of nitrogens with zero attached hydrogens (tertiary/aromatic N) is 1. The van der Waals surface area contributed by atoms with Crippen molar-refractivity contribution >= 4 is 16.8 Å². The Morgan fingerprint density at radius 3 is 3.11 bits per heavy atom. The van der Waals surface area contributed by atoms with Gasteiger partial charge in [-0.25, -0.2) is 4.98 Å². The summed E-state index contributed by atoms with van der Waals surface area (Å²) in [6, 6.07) is 4.01. The molecule has 0 aliphatic carbocycles. The summed E-state index contributed by atoms with van der Waals surface area (Å²) in [5.74, 6) is 0.339. The molecule has 0 aliphatic heterocycles. The summed E-state index contributed by atoms with van der Waals surface area (Å²) in [4.78, 5) is 19.0. The van der Waals surface area contributed by atoms with Crippen LogP contribution in [0.15, 0.2) is 24.5 Å². The van der Waals surface area contributed by atoms with Gasteiger partial charge in [0.15, 0.2) is 0 Å². The van der Waals surface area contributed by atoms with E-state index in [1.54, 1.807) is 6.20 Å². The smallest absolute Gasteiger partial charge is 0.137 e. The molecule has 2 heterocycles. The quantitative estimate of drug-likeness (QED) is 0.734. The zero-order valence-corrected chi connectivity index (χ0v) is 10.7. The molecule has 4 heteroatoms. The van der Waals surface area contributed by atoms with Crippen molar-refractivity contribution in [1.29, 1.82) is 0 Å². The van der Waals surface area contributed by atoms with E-state index in [9.17, 15) is 4.79 Å². The number of pyridine rings is 1. The van der Waals surface area contributed by atoms with Crippen molar-refractivity contribution in [2.75, 3.05) is 13.6 Å². The van der Waals surface area contributed by atoms with E-state index in [-0.39, 0.29) is 0 Å². The monoisotopic (exact) mass is 245 g/mol. The van der Waals surface area contributed by atoms with Gasteiger partial charge < -0.3 is 10.3 Å². The Bertz CT molecular complexity index is 518. The third-order valence-electron chi connectivity index (χ3n) is 3.11. The number of hydrogen-bond donors (Lipinski definition) is 2. The summed E-state index contributed by atoms with van der Waals surface area (Å²) >= 11 is 0. The maximum absolute atomic E-state index is 11.7. The number of fused-ring (bicyclic) bond motifs is 1. The summed E-state index contributed by atoms with van der Waals surface area (Å²) < 4.78 is 0. The molecule has 0 fully saturated rings. The second-order valence-corrected chi connectivity index (χ2v) is 4.46. The van der Waals surface area contributed by atoms with E-state index in [4.69, 9.17) is 0 Å². The molecule has 2 aromatic rings. The van der Waals surface area contributed by atoms with E-state index in [0.717, 1.165) is 30.4 Å². The van der Waals surface area contributed by atoms with Gasteiger partial charge in [0.2, 0.25) is 0 Å². The third-order valence-corrected chi connectivity index (χ3v) is 3.11. The summed E-state index contributed by atoms with van der Waals surface area (Å²) in [7, 11) is 1.91. The molecule has 0 aromatic carbocycles. The Hall–Kier alpha value is -1.68. The van der Waals surface area contributed by atoms with Crippen LogP contribution < -0.4 is 5.32 Å². The summed E-state index contributed by atoms with van der Waals surface area (Å²) in [6.45, 7) is 0.906. The first kappa shape index (κ1) is 12.8. The molecule has 0 aliphatic rings. The first-order valence-corrected chi connectivity index (χ1v) is 6.38. The average molecular weight is 245 g/mol. The van der Waals surface area contributed by atoms with Gasteiger partial charge in [-0.3, -0.25) is 4.79 Å². The number of aryl methyl sites for hydroxylation is 1. The molecule has 0 bridgehead atoms. The largest absolute Gasteiger partial charge is 0.346 e. The van der Waals surface area contributed by atoms with Crippen molar-refractivity contribution in [2.24, 2.45) is 0 Å². The number of H-pyrrole nitrogens is 1. The van der Waals surface area contributed by atoms with Crippen molar-refractivity contribution in [1.82, 2.24) is 15.3 Å². The van der Waals surface area contributed by atoms with Gasteiger partial charge in [0.05, 0.1) is 0 Å². The molecular weight excluding hydrogens is 226 g/mol. The van der Waals surface area contributed by atoms with Crippen LogP contribution in [-0.2, 0) is 11.2 Å². The van der Waals surface area contributed by atoms with Crippen LogP contribution in [0.1, 0.15) is 24.8 Å². The maximum atomic E-state index is 11.7. The van der Waals surface area contributed by atoms with Crippen LogP contribution in [0.5, 0.6) is 0 Å². The molecule has 18 heavy (non-hydrogen) atoms. The van der Waals surface area contributed by atoms with E-state index in [0.29, 0.717) is 18.6 Å². The molecule has 0 saturated carbocycles. The first-order chi connectivity index (χ1) is 8.81. The second-order valence-electron chi connectivity index (χ2n) is 4.46. The lowest BCUT2D eigenvalue weighted by Crippen LogP contribution is -2.10. The topological polar surface area (TPSA) is 57.8 Å². The minimum absolute atomic E-state index is 0.339. The second kappa shape index (κ2) is 6.31. The fourth-order valence-corrected chi connectivity index (χ4v) is 2.10. The molecule has 0 amide bonds. The van der Waals surface area contributed by atoms with Gasteiger partial charge in [-0.05, 0) is 44.1 Å². The van der Waals surface area contributed by atoms with Gasteiger partial charge in [-0.1, -0.05) is 0 Å². The average Bonchev–Trinajstić information content (AvgIpc) is 2.85. The van der Waals surface area contributed by atoms with Crippen LogP contribution in [0.25, 0.3) is 11.0 Å². The van der Waals surface area contributed by atoms with Crippen LogP contribution in [0.3, 0.4) is 0 Å². The minimum Gasteiger partial charge on any atom is -0.346 e. The number of aromatic amines is 1. The van der Waals surface area contributed by atoms with E-state index < -0.39 is 0 Å². The summed E-state index contributed by atoms with van der Waals surface area (Å²) in [5, 5.41) is 4.18. The number of aromatic nitrogens is 2. The van der Waals surface area contributed by atoms with Gasteiger partial charge in [0.25, 0.3) is 0 Å². The number of carbonyl (C=O) groups is 1. The summed E-state index contributed by atoms with van der Waals surface area (Å²) in [5.41, 5.74) is 2.10. The molecule has 96 valence electrons. The van der Waals surface area contributed by atoms with Crippen molar-refractivity contribution in [3.05, 3.63) is 30.1 Å². The SMILES string of the molecule is CNCCCC(=O)CCc1ccnc2[nH]ccc12. The van der Waals surface area contributed by atoms with Crippen LogP contribution in [0.4, 0.5) is 0 Å². The first-order valence-electron chi connectivity index (χ1n) is 6.38. The number of nitrogens with one attached hydrogen (secondary N) is 2. The Labute approximate surface area is 107 Å². The lowest BCUT2D eigenvalue weighted by Gasteiger charge is -2.03. The van der Waals surface area contributed by atoms with Gasteiger partial charge >= 0.3 is 0 Å². The fraction of sp³-hybridized carbons (Fsp3) is 0.429. The van der Waals surface area contributed by atoms with E-state index in [1.807, 2.05) is 25.4 Å². The molecular formula is C14H19N3O. The molecule has 0 atom stereocenters. The van der Waals surface area contributed by atoms with Crippen LogP contribution >= 0.6 is 0 Å². The van der Waals surface area contributed by atoms with Crippen molar-refractivity contribution in [3.63, 3.8) is 0 Å². The summed E-state index contributed by atoms with van der Waals surface area (Å²) in [6.07, 6.45) is 6.69. The Balaban J connectivity index is 1.90. The molecule has 0 saturated heterocycles. The standard InChI is InChI=1S/C14H19N3O/c1-15-8-2-3-12(18)5-4-11-6-9-16-14-13(11)7-10-17-14/h6-7,9-10,15H,2-5,8H2,1H3,(H,16,17). The number of Topliss-reactive ketones (excluding diaryl/α,β-unsaturated/α-hetero) is 1. The third kappa shape index (κ3) is 3.17. The van der Waals surface area contributed by atoms with Gasteiger partial charge in [-0.2, -0.15) is 0 Å². The highest BCUT2D eigenvalue weighted by Gasteiger charge is 2.06. The highest BCUT2D eigenvalue weighted by atomic mass is 16.1. The normalized spacial score (nSPS) is 10.9. The Morgan fingerprint density at radius 2 is 2.28 bits per heavy atom. The predicted octanol–water partition coefficient (Wildman–Crippen LogP) is 2.06. The van der Waals surface area contributed by atoms with Crippen molar-refractivity contribution in [2.45, 2.75) is 25.7 Å². The molecule has 0 spiro atoms. The van der Waals surface area contributed by atoms with Crippen LogP contribution in [0, 0.1) is 0 Å². The van der Waals surface area contributed by atoms with Gasteiger partial charge in [0, 0.05) is 30.6 Å². The zero-order valence-electron chi connectivity index (χ0n) is 10.7. The lowest BCUT2D eigenvalue weighted by molar-refractivity contribution is -0.119. The highest BCUT2D eigenvalue weighted by molar-refractivity contribution is 5.82. The van der Waals surface area contributed by atoms with E-state index in [1.165, 1.54) is 5.56 Å². The molecule has 2 rings (SSSR count). The van der Waals surface area contributed by atoms with Gasteiger partial charge in [-0.15, -0.1) is 0 Å². The molecule has 4 nitrogen and oxygen atoms in total. The highest BCUT2D eigenvalue weighted by Crippen LogP contribution is 2.17. The molecule has 0 unspecified atom stereocenters. The van der Waals surface area contributed by atoms with Gasteiger partial charge in [0.1, 0.15) is 11.4 Å². The molecule has 2 N–H and O–H groups in total. The molecule has 0 radical (unpaired) electrons. The van der Waals surface area contributed by atoms with Crippen molar-refractivity contribution in [3.8, 4) is 0 Å². The Kier molecular flexibility index (Phi) is 4.47. The lowest BCUT2D eigenvalue weighted by atomic mass is 10.0.